The third-order valence-corrected chi connectivity index (χ3v) is 13.7. The minimum absolute atomic E-state index is 0.608. The van der Waals surface area contributed by atoms with E-state index in [-0.39, 0.29) is 0 Å². The van der Waals surface area contributed by atoms with E-state index in [1.807, 2.05) is 0 Å². The van der Waals surface area contributed by atoms with Gasteiger partial charge in [0.15, 0.2) is 17.5 Å². The van der Waals surface area contributed by atoms with Crippen LogP contribution in [0.2, 0.25) is 0 Å². The Morgan fingerprint density at radius 3 is 0.783 bits per heavy atom. The van der Waals surface area contributed by atoms with Gasteiger partial charge in [-0.05, 0) is 114 Å². The molecule has 0 aliphatic heterocycles. The predicted molar refractivity (Wildman–Crippen MR) is 285 cm³/mol. The van der Waals surface area contributed by atoms with Gasteiger partial charge in [-0.3, -0.25) is 0 Å². The van der Waals surface area contributed by atoms with Crippen molar-refractivity contribution in [3.63, 3.8) is 0 Å². The van der Waals surface area contributed by atoms with E-state index in [2.05, 4.69) is 256 Å². The molecule has 0 unspecified atom stereocenters. The fourth-order valence-electron chi connectivity index (χ4n) is 10.5. The molecule has 6 nitrogen and oxygen atoms in total. The fraction of sp³-hybridized carbons (Fsp3) is 0. The van der Waals surface area contributed by atoms with Crippen molar-refractivity contribution in [2.45, 2.75) is 0 Å². The molecule has 0 bridgehead atoms. The van der Waals surface area contributed by atoms with Crippen molar-refractivity contribution in [2.24, 2.45) is 0 Å². The highest BCUT2D eigenvalue weighted by Crippen LogP contribution is 2.37. The molecule has 0 N–H and O–H groups in total. The van der Waals surface area contributed by atoms with Crippen LogP contribution in [-0.2, 0) is 0 Å². The van der Waals surface area contributed by atoms with Crippen LogP contribution in [0.4, 0.5) is 0 Å². The molecule has 0 spiro atoms. The minimum Gasteiger partial charge on any atom is -0.309 e. The third-order valence-electron chi connectivity index (χ3n) is 13.7. The van der Waals surface area contributed by atoms with E-state index in [0.29, 0.717) is 17.5 Å². The van der Waals surface area contributed by atoms with Gasteiger partial charge in [0.25, 0.3) is 0 Å². The average Bonchev–Trinajstić information content (AvgIpc) is 4.07. The average molecular weight is 881 g/mol. The summed E-state index contributed by atoms with van der Waals surface area (Å²) in [7, 11) is 0. The van der Waals surface area contributed by atoms with E-state index < -0.39 is 0 Å². The molecule has 0 amide bonds. The standard InChI is InChI=1S/C63H40N6/c1-7-22-55-49(16-1)50-17-2-8-23-56(50)67(55)46-34-28-41(29-35-46)44-14-13-15-45(40-44)63-65-61(42-30-36-47(37-31-42)68-57-24-9-3-18-51(57)52-19-4-10-25-58(52)68)64-62(66-63)43-32-38-48(39-33-43)69-59-26-11-5-20-53(59)54-21-6-12-27-60(54)69/h1-40H. The molecule has 6 heteroatoms. The van der Waals surface area contributed by atoms with Crippen LogP contribution in [0.3, 0.4) is 0 Å². The lowest BCUT2D eigenvalue weighted by Crippen LogP contribution is -2.01. The highest BCUT2D eigenvalue weighted by Gasteiger charge is 2.18. The number of hydrogen-bond acceptors (Lipinski definition) is 3. The van der Waals surface area contributed by atoms with Gasteiger partial charge in [0.2, 0.25) is 0 Å². The maximum Gasteiger partial charge on any atom is 0.164 e. The van der Waals surface area contributed by atoms with Crippen LogP contribution in [0.25, 0.3) is 128 Å². The van der Waals surface area contributed by atoms with Gasteiger partial charge in [0, 0.05) is 66.1 Å². The number of aromatic nitrogens is 6. The van der Waals surface area contributed by atoms with Crippen molar-refractivity contribution in [1.82, 2.24) is 28.7 Å². The highest BCUT2D eigenvalue weighted by molar-refractivity contribution is 6.11. The summed E-state index contributed by atoms with van der Waals surface area (Å²) >= 11 is 0. The topological polar surface area (TPSA) is 53.5 Å². The van der Waals surface area contributed by atoms with Gasteiger partial charge >= 0.3 is 0 Å². The van der Waals surface area contributed by atoms with E-state index in [0.717, 1.165) is 44.9 Å². The SMILES string of the molecule is c1cc(-c2ccc(-n3c4ccccc4c4ccccc43)cc2)cc(-c2nc(-c3ccc(-n4c5ccccc5c5ccccc54)cc3)nc(-c3ccc(-n4c5ccccc5c5ccccc54)cc3)n2)c1. The Kier molecular flexibility index (Phi) is 8.79. The number of fused-ring (bicyclic) bond motifs is 9. The summed E-state index contributed by atoms with van der Waals surface area (Å²) in [5.41, 5.74) is 15.2. The predicted octanol–water partition coefficient (Wildman–Crippen LogP) is 15.8. The molecule has 69 heavy (non-hydrogen) atoms. The molecule has 0 aliphatic carbocycles. The van der Waals surface area contributed by atoms with Crippen molar-refractivity contribution < 1.29 is 0 Å². The lowest BCUT2D eigenvalue weighted by Gasteiger charge is -2.12. The second-order valence-corrected chi connectivity index (χ2v) is 17.6. The van der Waals surface area contributed by atoms with Crippen LogP contribution in [0.5, 0.6) is 0 Å². The number of hydrogen-bond donors (Lipinski definition) is 0. The quantitative estimate of drug-likeness (QED) is 0.160. The first kappa shape index (κ1) is 38.8. The Bertz CT molecular complexity index is 3950. The summed E-state index contributed by atoms with van der Waals surface area (Å²) < 4.78 is 7.01. The third kappa shape index (κ3) is 6.30. The summed E-state index contributed by atoms with van der Waals surface area (Å²) in [6.07, 6.45) is 0. The van der Waals surface area contributed by atoms with Crippen molar-refractivity contribution in [3.05, 3.63) is 243 Å². The maximum absolute atomic E-state index is 5.22. The minimum atomic E-state index is 0.608. The number of benzene rings is 10. The molecule has 10 aromatic carbocycles. The molecule has 4 heterocycles. The summed E-state index contributed by atoms with van der Waals surface area (Å²) in [5, 5.41) is 7.42. The fourth-order valence-corrected chi connectivity index (χ4v) is 10.5. The molecule has 0 saturated carbocycles. The summed E-state index contributed by atoms with van der Waals surface area (Å²) in [5.74, 6) is 1.82. The van der Waals surface area contributed by atoms with Crippen molar-refractivity contribution >= 4 is 65.4 Å². The van der Waals surface area contributed by atoms with Crippen LogP contribution in [0.1, 0.15) is 0 Å². The molecule has 4 aromatic heterocycles. The number of rotatable bonds is 7. The molecule has 0 fully saturated rings. The summed E-state index contributed by atoms with van der Waals surface area (Å²) in [6.45, 7) is 0. The van der Waals surface area contributed by atoms with Crippen molar-refractivity contribution in [2.75, 3.05) is 0 Å². The smallest absolute Gasteiger partial charge is 0.164 e. The lowest BCUT2D eigenvalue weighted by molar-refractivity contribution is 1.07. The van der Waals surface area contributed by atoms with Crippen LogP contribution in [0.15, 0.2) is 243 Å². The summed E-state index contributed by atoms with van der Waals surface area (Å²) in [4.78, 5) is 15.6. The van der Waals surface area contributed by atoms with Crippen molar-refractivity contribution in [1.29, 1.82) is 0 Å². The Balaban J connectivity index is 0.868. The van der Waals surface area contributed by atoms with Gasteiger partial charge in [0.1, 0.15) is 0 Å². The molecule has 0 atom stereocenters. The Morgan fingerprint density at radius 2 is 0.464 bits per heavy atom. The molecular weight excluding hydrogens is 841 g/mol. The van der Waals surface area contributed by atoms with E-state index in [1.54, 1.807) is 0 Å². The van der Waals surface area contributed by atoms with Crippen LogP contribution in [-0.4, -0.2) is 28.7 Å². The molecule has 14 rings (SSSR count). The Labute approximate surface area is 397 Å². The largest absolute Gasteiger partial charge is 0.309 e. The van der Waals surface area contributed by atoms with Gasteiger partial charge in [-0.15, -0.1) is 0 Å². The van der Waals surface area contributed by atoms with Gasteiger partial charge in [-0.25, -0.2) is 15.0 Å². The molecule has 0 aliphatic rings. The zero-order valence-corrected chi connectivity index (χ0v) is 37.3. The second kappa shape index (κ2) is 15.6. The number of para-hydroxylation sites is 6. The van der Waals surface area contributed by atoms with Crippen LogP contribution in [0, 0.1) is 0 Å². The highest BCUT2D eigenvalue weighted by atomic mass is 15.0. The molecular formula is C63H40N6. The van der Waals surface area contributed by atoms with Crippen molar-refractivity contribution in [3.8, 4) is 62.4 Å². The van der Waals surface area contributed by atoms with E-state index in [4.69, 9.17) is 15.0 Å². The summed E-state index contributed by atoms with van der Waals surface area (Å²) in [6, 6.07) is 86.2. The van der Waals surface area contributed by atoms with Crippen LogP contribution < -0.4 is 0 Å². The zero-order valence-electron chi connectivity index (χ0n) is 37.3. The molecule has 14 aromatic rings. The normalized spacial score (nSPS) is 11.8. The maximum atomic E-state index is 5.22. The van der Waals surface area contributed by atoms with E-state index >= 15 is 0 Å². The van der Waals surface area contributed by atoms with Gasteiger partial charge in [-0.2, -0.15) is 0 Å². The second-order valence-electron chi connectivity index (χ2n) is 17.6. The molecule has 322 valence electrons. The Hall–Kier alpha value is -9.39. The van der Waals surface area contributed by atoms with Crippen LogP contribution >= 0.6 is 0 Å². The van der Waals surface area contributed by atoms with E-state index in [1.165, 1.54) is 65.4 Å². The zero-order chi connectivity index (χ0) is 45.4. The van der Waals surface area contributed by atoms with E-state index in [9.17, 15) is 0 Å². The molecule has 0 radical (unpaired) electrons. The monoisotopic (exact) mass is 880 g/mol. The first-order valence-electron chi connectivity index (χ1n) is 23.4. The lowest BCUT2D eigenvalue weighted by atomic mass is 10.0. The molecule has 0 saturated heterocycles. The number of nitrogens with zero attached hydrogens (tertiary/aromatic N) is 6. The first-order valence-corrected chi connectivity index (χ1v) is 23.4. The van der Waals surface area contributed by atoms with Gasteiger partial charge < -0.3 is 13.7 Å². The van der Waals surface area contributed by atoms with Gasteiger partial charge in [0.05, 0.1) is 33.1 Å². The van der Waals surface area contributed by atoms with Gasteiger partial charge in [-0.1, -0.05) is 140 Å². The first-order chi connectivity index (χ1) is 34.2. The Morgan fingerprint density at radius 1 is 0.203 bits per heavy atom.